The number of hydrogen-bond acceptors (Lipinski definition) is 4. The summed E-state index contributed by atoms with van der Waals surface area (Å²) < 4.78 is 0. The van der Waals surface area contributed by atoms with E-state index in [9.17, 15) is 9.59 Å². The van der Waals surface area contributed by atoms with Gasteiger partial charge in [0.15, 0.2) is 5.78 Å². The fraction of sp³-hybridized carbons (Fsp3) is 0.261. The van der Waals surface area contributed by atoms with E-state index in [1.54, 1.807) is 18.3 Å². The largest absolute Gasteiger partial charge is 0.323 e. The zero-order chi connectivity index (χ0) is 20.0. The van der Waals surface area contributed by atoms with Gasteiger partial charge in [-0.2, -0.15) is 0 Å². The summed E-state index contributed by atoms with van der Waals surface area (Å²) in [4.78, 5) is 32.7. The van der Waals surface area contributed by atoms with Gasteiger partial charge in [-0.1, -0.05) is 36.2 Å². The Labute approximate surface area is 173 Å². The number of carbonyl (C=O) groups excluding carboxylic acids is 2. The molecule has 1 fully saturated rings. The van der Waals surface area contributed by atoms with Gasteiger partial charge in [-0.05, 0) is 49.5 Å². The van der Waals surface area contributed by atoms with Crippen molar-refractivity contribution in [3.8, 4) is 11.3 Å². The predicted octanol–water partition coefficient (Wildman–Crippen LogP) is 4.52. The van der Waals surface area contributed by atoms with Crippen LogP contribution in [-0.4, -0.2) is 41.2 Å². The van der Waals surface area contributed by atoms with Gasteiger partial charge in [0.25, 0.3) is 0 Å². The second kappa shape index (κ2) is 7.25. The first-order chi connectivity index (χ1) is 14.1. The van der Waals surface area contributed by atoms with Gasteiger partial charge in [0.05, 0.1) is 22.9 Å². The molecule has 0 radical (unpaired) electrons. The summed E-state index contributed by atoms with van der Waals surface area (Å²) in [5.74, 6) is -0.199. The van der Waals surface area contributed by atoms with Crippen molar-refractivity contribution in [2.75, 3.05) is 25.0 Å². The summed E-state index contributed by atoms with van der Waals surface area (Å²) in [7, 11) is 0. The van der Waals surface area contributed by atoms with Crippen LogP contribution in [0, 0.1) is 0 Å². The molecule has 0 bridgehead atoms. The summed E-state index contributed by atoms with van der Waals surface area (Å²) in [5, 5.41) is 5.13. The van der Waals surface area contributed by atoms with Crippen molar-refractivity contribution in [2.45, 2.75) is 19.3 Å². The van der Waals surface area contributed by atoms with Crippen LogP contribution < -0.4 is 5.32 Å². The molecule has 1 N–H and O–H groups in total. The van der Waals surface area contributed by atoms with Crippen molar-refractivity contribution < 1.29 is 9.59 Å². The van der Waals surface area contributed by atoms with Crippen molar-refractivity contribution >= 4 is 39.8 Å². The van der Waals surface area contributed by atoms with Gasteiger partial charge < -0.3 is 5.32 Å². The van der Waals surface area contributed by atoms with E-state index < -0.39 is 0 Å². The van der Waals surface area contributed by atoms with Crippen molar-refractivity contribution in [1.82, 2.24) is 9.88 Å². The Morgan fingerprint density at radius 2 is 1.90 bits per heavy atom. The van der Waals surface area contributed by atoms with E-state index in [1.165, 1.54) is 6.42 Å². The highest BCUT2D eigenvalue weighted by Gasteiger charge is 2.30. The number of fused-ring (bicyclic) bond motifs is 2. The monoisotopic (exact) mass is 405 g/mol. The van der Waals surface area contributed by atoms with Crippen LogP contribution in [0.4, 0.5) is 5.69 Å². The number of halogens is 1. The minimum absolute atomic E-state index is 0.0747. The minimum Gasteiger partial charge on any atom is -0.323 e. The molecule has 5 nitrogen and oxygen atoms in total. The Morgan fingerprint density at radius 1 is 1.07 bits per heavy atom. The van der Waals surface area contributed by atoms with Crippen molar-refractivity contribution in [3.05, 3.63) is 58.7 Å². The molecule has 146 valence electrons. The van der Waals surface area contributed by atoms with Gasteiger partial charge in [0, 0.05) is 28.3 Å². The van der Waals surface area contributed by atoms with Crippen LogP contribution in [0.15, 0.2) is 42.6 Å². The lowest BCUT2D eigenvalue weighted by atomic mass is 9.85. The summed E-state index contributed by atoms with van der Waals surface area (Å²) in [6, 6.07) is 10.9. The zero-order valence-corrected chi connectivity index (χ0v) is 16.6. The number of pyridine rings is 1. The first-order valence-corrected chi connectivity index (χ1v) is 10.3. The Hall–Kier alpha value is -2.76. The first-order valence-electron chi connectivity index (χ1n) is 9.91. The van der Waals surface area contributed by atoms with Gasteiger partial charge in [-0.15, -0.1) is 0 Å². The zero-order valence-electron chi connectivity index (χ0n) is 15.9. The Balaban J connectivity index is 1.60. The Kier molecular flexibility index (Phi) is 4.57. The molecule has 1 saturated heterocycles. The minimum atomic E-state index is -0.124. The molecule has 0 unspecified atom stereocenters. The van der Waals surface area contributed by atoms with E-state index in [1.807, 2.05) is 24.3 Å². The van der Waals surface area contributed by atoms with Crippen molar-refractivity contribution in [3.63, 3.8) is 0 Å². The lowest BCUT2D eigenvalue weighted by molar-refractivity contribution is -0.117. The number of anilines is 1. The van der Waals surface area contributed by atoms with E-state index in [0.717, 1.165) is 36.7 Å². The number of nitrogens with zero attached hydrogens (tertiary/aromatic N) is 2. The number of benzene rings is 2. The maximum atomic E-state index is 13.2. The highest BCUT2D eigenvalue weighted by Crippen LogP contribution is 2.44. The number of nitrogens with one attached hydrogen (secondary N) is 1. The lowest BCUT2D eigenvalue weighted by Crippen LogP contribution is -2.37. The smallest absolute Gasteiger partial charge is 0.238 e. The van der Waals surface area contributed by atoms with Crippen LogP contribution in [-0.2, 0) is 4.79 Å². The van der Waals surface area contributed by atoms with Gasteiger partial charge in [0.1, 0.15) is 0 Å². The van der Waals surface area contributed by atoms with Gasteiger partial charge in [-0.3, -0.25) is 19.5 Å². The number of rotatable bonds is 3. The van der Waals surface area contributed by atoms with Crippen LogP contribution in [0.25, 0.3) is 22.0 Å². The molecule has 2 heterocycles. The van der Waals surface area contributed by atoms with E-state index in [2.05, 4.69) is 15.2 Å². The van der Waals surface area contributed by atoms with Gasteiger partial charge >= 0.3 is 0 Å². The Morgan fingerprint density at radius 3 is 2.72 bits per heavy atom. The molecule has 0 spiro atoms. The maximum absolute atomic E-state index is 13.2. The third-order valence-electron chi connectivity index (χ3n) is 5.75. The number of ketones is 1. The predicted molar refractivity (Wildman–Crippen MR) is 115 cm³/mol. The molecule has 1 aromatic heterocycles. The maximum Gasteiger partial charge on any atom is 0.238 e. The average molecular weight is 406 g/mol. The molecule has 1 aliphatic heterocycles. The molecule has 0 saturated carbocycles. The van der Waals surface area contributed by atoms with Crippen LogP contribution in [0.1, 0.15) is 35.2 Å². The van der Waals surface area contributed by atoms with Crippen LogP contribution in [0.5, 0.6) is 0 Å². The molecule has 2 aromatic carbocycles. The number of aromatic nitrogens is 1. The fourth-order valence-corrected chi connectivity index (χ4v) is 4.59. The number of amides is 1. The van der Waals surface area contributed by atoms with Crippen LogP contribution >= 0.6 is 11.6 Å². The van der Waals surface area contributed by atoms with Gasteiger partial charge in [-0.25, -0.2) is 0 Å². The van der Waals surface area contributed by atoms with Crippen molar-refractivity contribution in [1.29, 1.82) is 0 Å². The SMILES string of the molecule is O=C(CN1CCCCC1)Nc1c(Cl)ccc2c1-c1nccc3cccc(c13)C2=O. The quantitative estimate of drug-likeness (QED) is 0.544. The van der Waals surface area contributed by atoms with Crippen LogP contribution in [0.3, 0.4) is 0 Å². The second-order valence-corrected chi connectivity index (χ2v) is 8.03. The average Bonchev–Trinajstić information content (AvgIpc) is 2.74. The van der Waals surface area contributed by atoms with E-state index >= 15 is 0 Å². The molecular weight excluding hydrogens is 386 g/mol. The molecular formula is C23H20ClN3O2. The highest BCUT2D eigenvalue weighted by molar-refractivity contribution is 6.36. The molecule has 2 aliphatic rings. The summed E-state index contributed by atoms with van der Waals surface area (Å²) in [5.41, 5.74) is 2.91. The van der Waals surface area contributed by atoms with Gasteiger partial charge in [0.2, 0.25) is 5.91 Å². The lowest BCUT2D eigenvalue weighted by Gasteiger charge is -2.26. The summed E-state index contributed by atoms with van der Waals surface area (Å²) >= 11 is 6.49. The molecule has 5 rings (SSSR count). The highest BCUT2D eigenvalue weighted by atomic mass is 35.5. The number of hydrogen-bond donors (Lipinski definition) is 1. The molecule has 1 amide bonds. The first kappa shape index (κ1) is 18.3. The van der Waals surface area contributed by atoms with E-state index in [4.69, 9.17) is 11.6 Å². The number of carbonyl (C=O) groups is 2. The third kappa shape index (κ3) is 3.11. The summed E-state index contributed by atoms with van der Waals surface area (Å²) in [6.45, 7) is 2.18. The third-order valence-corrected chi connectivity index (χ3v) is 6.07. The molecule has 0 atom stereocenters. The standard InChI is InChI=1S/C23H20ClN3O2/c24-17-8-7-16-20(21(17)26-18(28)13-27-11-2-1-3-12-27)22-19-14(9-10-25-22)5-4-6-15(19)23(16)29/h4-10H,1-3,11-13H2,(H,26,28). The molecule has 29 heavy (non-hydrogen) atoms. The normalized spacial score (nSPS) is 16.0. The van der Waals surface area contributed by atoms with Crippen LogP contribution in [0.2, 0.25) is 5.02 Å². The number of likely N-dealkylation sites (tertiary alicyclic amines) is 1. The molecule has 1 aliphatic carbocycles. The second-order valence-electron chi connectivity index (χ2n) is 7.62. The van der Waals surface area contributed by atoms with E-state index in [0.29, 0.717) is 39.6 Å². The Bertz CT molecular complexity index is 1150. The summed E-state index contributed by atoms with van der Waals surface area (Å²) in [6.07, 6.45) is 5.17. The van der Waals surface area contributed by atoms with E-state index in [-0.39, 0.29) is 11.7 Å². The molecule has 6 heteroatoms. The fourth-order valence-electron chi connectivity index (χ4n) is 4.39. The topological polar surface area (TPSA) is 62.3 Å². The number of piperidine rings is 1. The van der Waals surface area contributed by atoms with Crippen molar-refractivity contribution in [2.24, 2.45) is 0 Å². The molecule has 3 aromatic rings.